The molecule has 0 saturated carbocycles. The molecule has 0 aliphatic carbocycles. The lowest BCUT2D eigenvalue weighted by molar-refractivity contribution is -0.256. The first-order valence-electron chi connectivity index (χ1n) is 12.1. The molecule has 0 aromatic heterocycles. The van der Waals surface area contributed by atoms with Crippen molar-refractivity contribution in [2.24, 2.45) is 0 Å². The summed E-state index contributed by atoms with van der Waals surface area (Å²) in [4.78, 5) is 0. The fraction of sp³-hybridized carbons (Fsp3) is 0.917. The molecular weight excluding hydrogens is 368 g/mol. The Kier molecular flexibility index (Phi) is 16.8. The molecule has 172 valence electrons. The van der Waals surface area contributed by atoms with Gasteiger partial charge in [-0.3, -0.25) is 0 Å². The highest BCUT2D eigenvalue weighted by Crippen LogP contribution is 2.21. The van der Waals surface area contributed by atoms with Crippen LogP contribution in [0.15, 0.2) is 12.2 Å². The van der Waals surface area contributed by atoms with Crippen LogP contribution in [0.3, 0.4) is 0 Å². The number of allylic oxidation sites excluding steroid dienone is 2. The second-order valence-electron chi connectivity index (χ2n) is 8.39. The van der Waals surface area contributed by atoms with Crippen molar-refractivity contribution in [1.82, 2.24) is 0 Å². The van der Waals surface area contributed by atoms with Crippen LogP contribution in [0.25, 0.3) is 0 Å². The van der Waals surface area contributed by atoms with Gasteiger partial charge in [0.2, 0.25) is 0 Å². The second-order valence-corrected chi connectivity index (χ2v) is 8.39. The first kappa shape index (κ1) is 26.6. The van der Waals surface area contributed by atoms with Crippen LogP contribution >= 0.6 is 0 Å². The van der Waals surface area contributed by atoms with Crippen molar-refractivity contribution in [2.75, 3.05) is 13.2 Å². The van der Waals surface area contributed by atoms with E-state index in [9.17, 15) is 10.2 Å². The largest absolute Gasteiger partial charge is 0.394 e. The zero-order valence-corrected chi connectivity index (χ0v) is 18.6. The number of hydrogen-bond acceptors (Lipinski definition) is 5. The Morgan fingerprint density at radius 1 is 0.828 bits per heavy atom. The van der Waals surface area contributed by atoms with E-state index in [1.165, 1.54) is 77.0 Å². The van der Waals surface area contributed by atoms with E-state index in [2.05, 4.69) is 19.1 Å². The summed E-state index contributed by atoms with van der Waals surface area (Å²) in [5.41, 5.74) is 0. The van der Waals surface area contributed by atoms with Crippen LogP contribution in [0.1, 0.15) is 103 Å². The number of aliphatic hydroxyl groups excluding tert-OH is 3. The molecule has 4 atom stereocenters. The van der Waals surface area contributed by atoms with E-state index in [-0.39, 0.29) is 13.0 Å². The third-order valence-corrected chi connectivity index (χ3v) is 5.68. The van der Waals surface area contributed by atoms with Crippen LogP contribution < -0.4 is 0 Å². The molecule has 5 heteroatoms. The number of hydrogen-bond donors (Lipinski definition) is 3. The van der Waals surface area contributed by atoms with Gasteiger partial charge in [-0.2, -0.15) is 0 Å². The van der Waals surface area contributed by atoms with E-state index in [0.717, 1.165) is 12.8 Å². The van der Waals surface area contributed by atoms with E-state index in [4.69, 9.17) is 14.6 Å². The molecule has 0 amide bonds. The molecule has 1 heterocycles. The minimum absolute atomic E-state index is 0.254. The number of rotatable bonds is 18. The van der Waals surface area contributed by atoms with Crippen molar-refractivity contribution in [2.45, 2.75) is 128 Å². The molecule has 1 aliphatic rings. The molecule has 29 heavy (non-hydrogen) atoms. The lowest BCUT2D eigenvalue weighted by Gasteiger charge is -2.36. The number of unbranched alkanes of at least 4 members (excludes halogenated alkanes) is 12. The molecule has 4 unspecified atom stereocenters. The Labute approximate surface area is 178 Å². The Morgan fingerprint density at radius 2 is 1.38 bits per heavy atom. The smallest absolute Gasteiger partial charge is 0.160 e. The SMILES string of the molecule is CCCCCCCCC=CCCCCCCCCOC1CC(O)C(O)C(CO)O1. The first-order chi connectivity index (χ1) is 14.2. The average Bonchev–Trinajstić information content (AvgIpc) is 2.72. The van der Waals surface area contributed by atoms with Gasteiger partial charge in [0.15, 0.2) is 6.29 Å². The third kappa shape index (κ3) is 13.5. The van der Waals surface area contributed by atoms with Crippen LogP contribution in [0, 0.1) is 0 Å². The van der Waals surface area contributed by atoms with Gasteiger partial charge in [-0.25, -0.2) is 0 Å². The zero-order chi connectivity index (χ0) is 21.2. The van der Waals surface area contributed by atoms with Crippen LogP contribution in [0.4, 0.5) is 0 Å². The molecule has 1 fully saturated rings. The normalized spacial score (nSPS) is 25.1. The molecule has 0 spiro atoms. The lowest BCUT2D eigenvalue weighted by atomic mass is 10.0. The maximum atomic E-state index is 9.77. The van der Waals surface area contributed by atoms with Crippen molar-refractivity contribution in [3.05, 3.63) is 12.2 Å². The summed E-state index contributed by atoms with van der Waals surface area (Å²) in [6.45, 7) is 2.54. The maximum absolute atomic E-state index is 9.77. The van der Waals surface area contributed by atoms with Gasteiger partial charge in [-0.15, -0.1) is 0 Å². The maximum Gasteiger partial charge on any atom is 0.160 e. The fourth-order valence-corrected chi connectivity index (χ4v) is 3.74. The fourth-order valence-electron chi connectivity index (χ4n) is 3.74. The first-order valence-corrected chi connectivity index (χ1v) is 12.1. The van der Waals surface area contributed by atoms with Gasteiger partial charge < -0.3 is 24.8 Å². The van der Waals surface area contributed by atoms with Gasteiger partial charge in [-0.05, 0) is 32.1 Å². The van der Waals surface area contributed by atoms with Crippen molar-refractivity contribution < 1.29 is 24.8 Å². The second kappa shape index (κ2) is 18.3. The minimum Gasteiger partial charge on any atom is -0.394 e. The van der Waals surface area contributed by atoms with Crippen LogP contribution in [0.5, 0.6) is 0 Å². The quantitative estimate of drug-likeness (QED) is 0.220. The molecule has 1 saturated heterocycles. The Hall–Kier alpha value is -0.460. The Bertz CT molecular complexity index is 387. The highest BCUT2D eigenvalue weighted by molar-refractivity contribution is 4.82. The standard InChI is InChI=1S/C24H46O5/c1-2-3-4-5-6-7-8-9-10-11-12-13-14-15-16-17-18-28-23-19-21(26)24(27)22(20-25)29-23/h9-10,21-27H,2-8,11-20H2,1H3. The molecule has 0 radical (unpaired) electrons. The molecule has 1 aliphatic heterocycles. The summed E-state index contributed by atoms with van der Waals surface area (Å²) in [7, 11) is 0. The van der Waals surface area contributed by atoms with E-state index < -0.39 is 24.6 Å². The summed E-state index contributed by atoms with van der Waals surface area (Å²) in [6.07, 6.45) is 19.6. The van der Waals surface area contributed by atoms with Gasteiger partial charge in [0.05, 0.1) is 12.7 Å². The van der Waals surface area contributed by atoms with Crippen molar-refractivity contribution >= 4 is 0 Å². The zero-order valence-electron chi connectivity index (χ0n) is 18.6. The van der Waals surface area contributed by atoms with Crippen molar-refractivity contribution in [3.8, 4) is 0 Å². The lowest BCUT2D eigenvalue weighted by Crippen LogP contribution is -2.50. The molecule has 3 N–H and O–H groups in total. The van der Waals surface area contributed by atoms with Crippen molar-refractivity contribution in [1.29, 1.82) is 0 Å². The number of aliphatic hydroxyl groups is 3. The van der Waals surface area contributed by atoms with Crippen LogP contribution in [-0.2, 0) is 9.47 Å². The van der Waals surface area contributed by atoms with Gasteiger partial charge in [-0.1, -0.05) is 76.9 Å². The Morgan fingerprint density at radius 3 is 1.97 bits per heavy atom. The van der Waals surface area contributed by atoms with Gasteiger partial charge in [0.1, 0.15) is 12.2 Å². The molecule has 5 nitrogen and oxygen atoms in total. The molecular formula is C24H46O5. The highest BCUT2D eigenvalue weighted by Gasteiger charge is 2.36. The predicted molar refractivity (Wildman–Crippen MR) is 118 cm³/mol. The van der Waals surface area contributed by atoms with Gasteiger partial charge in [0.25, 0.3) is 0 Å². The van der Waals surface area contributed by atoms with E-state index in [0.29, 0.717) is 6.61 Å². The summed E-state index contributed by atoms with van der Waals surface area (Å²) >= 11 is 0. The summed E-state index contributed by atoms with van der Waals surface area (Å²) in [5, 5.41) is 28.6. The Balaban J connectivity index is 1.84. The van der Waals surface area contributed by atoms with Crippen LogP contribution in [0.2, 0.25) is 0 Å². The number of ether oxygens (including phenoxy) is 2. The van der Waals surface area contributed by atoms with E-state index >= 15 is 0 Å². The molecule has 0 bridgehead atoms. The summed E-state index contributed by atoms with van der Waals surface area (Å²) in [6, 6.07) is 0. The summed E-state index contributed by atoms with van der Waals surface area (Å²) < 4.78 is 11.1. The topological polar surface area (TPSA) is 79.2 Å². The monoisotopic (exact) mass is 414 g/mol. The third-order valence-electron chi connectivity index (χ3n) is 5.68. The average molecular weight is 415 g/mol. The van der Waals surface area contributed by atoms with E-state index in [1.54, 1.807) is 0 Å². The molecule has 0 aromatic rings. The predicted octanol–water partition coefficient (Wildman–Crippen LogP) is 4.87. The van der Waals surface area contributed by atoms with Crippen molar-refractivity contribution in [3.63, 3.8) is 0 Å². The summed E-state index contributed by atoms with van der Waals surface area (Å²) in [5.74, 6) is 0. The minimum atomic E-state index is -1.04. The molecule has 0 aromatic carbocycles. The highest BCUT2D eigenvalue weighted by atomic mass is 16.7. The molecule has 1 rings (SSSR count). The van der Waals surface area contributed by atoms with Gasteiger partial charge in [0, 0.05) is 13.0 Å². The van der Waals surface area contributed by atoms with E-state index in [1.807, 2.05) is 0 Å². The van der Waals surface area contributed by atoms with Gasteiger partial charge >= 0.3 is 0 Å². The van der Waals surface area contributed by atoms with Crippen LogP contribution in [-0.4, -0.2) is 53.1 Å².